The fourth-order valence-electron chi connectivity index (χ4n) is 2.10. The molecule has 1 unspecified atom stereocenters. The van der Waals surface area contributed by atoms with Crippen LogP contribution in [0.25, 0.3) is 0 Å². The van der Waals surface area contributed by atoms with E-state index in [-0.39, 0.29) is 0 Å². The first-order valence-corrected chi connectivity index (χ1v) is 5.42. The van der Waals surface area contributed by atoms with Gasteiger partial charge in [0.15, 0.2) is 0 Å². The lowest BCUT2D eigenvalue weighted by Gasteiger charge is -2.41. The van der Waals surface area contributed by atoms with Gasteiger partial charge in [-0.2, -0.15) is 0 Å². The largest absolute Gasteiger partial charge is 0.328 e. The van der Waals surface area contributed by atoms with Crippen LogP contribution in [-0.2, 0) is 0 Å². The fraction of sp³-hybridized carbons (Fsp3) is 1.00. The third-order valence-corrected chi connectivity index (χ3v) is 3.23. The van der Waals surface area contributed by atoms with Gasteiger partial charge >= 0.3 is 0 Å². The first kappa shape index (κ1) is 11.0. The summed E-state index contributed by atoms with van der Waals surface area (Å²) in [4.78, 5) is 2.56. The minimum Gasteiger partial charge on any atom is -0.328 e. The second-order valence-electron chi connectivity index (χ2n) is 5.35. The van der Waals surface area contributed by atoms with E-state index in [2.05, 4.69) is 32.6 Å². The highest BCUT2D eigenvalue weighted by atomic mass is 15.2. The molecule has 0 radical (unpaired) electrons. The van der Waals surface area contributed by atoms with E-state index >= 15 is 0 Å². The van der Waals surface area contributed by atoms with Crippen molar-refractivity contribution < 1.29 is 0 Å². The van der Waals surface area contributed by atoms with Crippen LogP contribution in [0.1, 0.15) is 40.5 Å². The number of nitrogens with two attached hydrogens (primary N) is 1. The predicted molar refractivity (Wildman–Crippen MR) is 57.7 cm³/mol. The van der Waals surface area contributed by atoms with Crippen LogP contribution in [0, 0.1) is 5.92 Å². The number of likely N-dealkylation sites (tertiary alicyclic amines) is 1. The Labute approximate surface area is 82.5 Å². The lowest BCUT2D eigenvalue weighted by atomic mass is 9.89. The summed E-state index contributed by atoms with van der Waals surface area (Å²) in [5, 5.41) is 0. The number of piperidine rings is 1. The lowest BCUT2D eigenvalue weighted by Crippen LogP contribution is -2.48. The summed E-state index contributed by atoms with van der Waals surface area (Å²) >= 11 is 0. The van der Waals surface area contributed by atoms with Crippen LogP contribution in [0.3, 0.4) is 0 Å². The first-order valence-electron chi connectivity index (χ1n) is 5.42. The van der Waals surface area contributed by atoms with Crippen molar-refractivity contribution >= 4 is 0 Å². The maximum Gasteiger partial charge on any atom is 0.0125 e. The van der Waals surface area contributed by atoms with Crippen LogP contribution < -0.4 is 5.73 Å². The highest BCUT2D eigenvalue weighted by molar-refractivity contribution is 4.83. The van der Waals surface area contributed by atoms with Crippen LogP contribution in [0.5, 0.6) is 0 Å². The molecule has 0 amide bonds. The molecule has 0 bridgehead atoms. The van der Waals surface area contributed by atoms with Crippen molar-refractivity contribution in [2.45, 2.75) is 52.1 Å². The maximum atomic E-state index is 5.90. The molecule has 1 fully saturated rings. The van der Waals surface area contributed by atoms with E-state index < -0.39 is 0 Å². The molecule has 2 nitrogen and oxygen atoms in total. The lowest BCUT2D eigenvalue weighted by molar-refractivity contribution is 0.0823. The maximum absolute atomic E-state index is 5.90. The molecule has 1 saturated heterocycles. The standard InChI is InChI=1S/C11H24N2/c1-9(12)10-5-7-13(8-6-10)11(2,3)4/h9-10H,5-8,12H2,1-4H3. The zero-order chi connectivity index (χ0) is 10.1. The van der Waals surface area contributed by atoms with E-state index in [0.717, 1.165) is 5.92 Å². The number of hydrogen-bond acceptors (Lipinski definition) is 2. The summed E-state index contributed by atoms with van der Waals surface area (Å²) in [6, 6.07) is 0.377. The van der Waals surface area contributed by atoms with Crippen molar-refractivity contribution in [3.8, 4) is 0 Å². The second kappa shape index (κ2) is 3.97. The van der Waals surface area contributed by atoms with Gasteiger partial charge in [0.05, 0.1) is 0 Å². The average Bonchev–Trinajstić information content (AvgIpc) is 2.03. The Morgan fingerprint density at radius 1 is 1.23 bits per heavy atom. The third kappa shape index (κ3) is 2.96. The van der Waals surface area contributed by atoms with E-state index in [4.69, 9.17) is 5.73 Å². The van der Waals surface area contributed by atoms with Crippen LogP contribution in [0.2, 0.25) is 0 Å². The van der Waals surface area contributed by atoms with Gasteiger partial charge in [0, 0.05) is 11.6 Å². The van der Waals surface area contributed by atoms with Crippen LogP contribution in [0.15, 0.2) is 0 Å². The van der Waals surface area contributed by atoms with Gasteiger partial charge in [-0.25, -0.2) is 0 Å². The topological polar surface area (TPSA) is 29.3 Å². The zero-order valence-electron chi connectivity index (χ0n) is 9.51. The van der Waals surface area contributed by atoms with Crippen molar-refractivity contribution in [3.63, 3.8) is 0 Å². The predicted octanol–water partition coefficient (Wildman–Crippen LogP) is 1.84. The van der Waals surface area contributed by atoms with Gasteiger partial charge in [-0.05, 0) is 59.5 Å². The van der Waals surface area contributed by atoms with Crippen molar-refractivity contribution in [1.29, 1.82) is 0 Å². The first-order chi connectivity index (χ1) is 5.91. The van der Waals surface area contributed by atoms with Gasteiger partial charge in [0.2, 0.25) is 0 Å². The third-order valence-electron chi connectivity index (χ3n) is 3.23. The summed E-state index contributed by atoms with van der Waals surface area (Å²) < 4.78 is 0. The van der Waals surface area contributed by atoms with Gasteiger partial charge in [-0.3, -0.25) is 4.90 Å². The Morgan fingerprint density at radius 3 is 2.00 bits per heavy atom. The smallest absolute Gasteiger partial charge is 0.0125 e. The van der Waals surface area contributed by atoms with E-state index in [1.807, 2.05) is 0 Å². The summed E-state index contributed by atoms with van der Waals surface area (Å²) in [5.41, 5.74) is 6.24. The molecule has 0 aromatic carbocycles. The van der Waals surface area contributed by atoms with Gasteiger partial charge in [0.25, 0.3) is 0 Å². The van der Waals surface area contributed by atoms with Crippen LogP contribution in [-0.4, -0.2) is 29.6 Å². The summed E-state index contributed by atoms with van der Waals surface area (Å²) in [7, 11) is 0. The molecule has 0 aromatic heterocycles. The second-order valence-corrected chi connectivity index (χ2v) is 5.35. The molecular formula is C11H24N2. The molecule has 1 rings (SSSR count). The number of rotatable bonds is 1. The molecular weight excluding hydrogens is 160 g/mol. The molecule has 78 valence electrons. The van der Waals surface area contributed by atoms with Gasteiger partial charge < -0.3 is 5.73 Å². The minimum atomic E-state index is 0.336. The molecule has 0 aliphatic carbocycles. The molecule has 0 aromatic rings. The summed E-state index contributed by atoms with van der Waals surface area (Å²) in [6.45, 7) is 11.4. The Morgan fingerprint density at radius 2 is 1.69 bits per heavy atom. The minimum absolute atomic E-state index is 0.336. The van der Waals surface area contributed by atoms with Crippen molar-refractivity contribution in [2.75, 3.05) is 13.1 Å². The Balaban J connectivity index is 2.39. The normalized spacial score (nSPS) is 24.7. The average molecular weight is 184 g/mol. The summed E-state index contributed by atoms with van der Waals surface area (Å²) in [6.07, 6.45) is 2.55. The molecule has 1 aliphatic heterocycles. The molecule has 1 atom stereocenters. The Hall–Kier alpha value is -0.0800. The van der Waals surface area contributed by atoms with Crippen LogP contribution in [0.4, 0.5) is 0 Å². The molecule has 0 spiro atoms. The number of nitrogens with zero attached hydrogens (tertiary/aromatic N) is 1. The SMILES string of the molecule is CC(N)C1CCN(C(C)(C)C)CC1. The molecule has 1 aliphatic rings. The van der Waals surface area contributed by atoms with Crippen molar-refractivity contribution in [2.24, 2.45) is 11.7 Å². The highest BCUT2D eigenvalue weighted by Crippen LogP contribution is 2.24. The Kier molecular flexibility index (Phi) is 3.36. The quantitative estimate of drug-likeness (QED) is 0.674. The Bertz CT molecular complexity index is 150. The van der Waals surface area contributed by atoms with Crippen LogP contribution >= 0.6 is 0 Å². The summed E-state index contributed by atoms with van der Waals surface area (Å²) in [5.74, 6) is 0.749. The monoisotopic (exact) mass is 184 g/mol. The van der Waals surface area contributed by atoms with Crippen molar-refractivity contribution in [3.05, 3.63) is 0 Å². The molecule has 2 N–H and O–H groups in total. The fourth-order valence-corrected chi connectivity index (χ4v) is 2.10. The van der Waals surface area contributed by atoms with E-state index in [1.54, 1.807) is 0 Å². The van der Waals surface area contributed by atoms with Crippen molar-refractivity contribution in [1.82, 2.24) is 4.90 Å². The van der Waals surface area contributed by atoms with Gasteiger partial charge in [-0.1, -0.05) is 0 Å². The molecule has 13 heavy (non-hydrogen) atoms. The van der Waals surface area contributed by atoms with E-state index in [9.17, 15) is 0 Å². The van der Waals surface area contributed by atoms with E-state index in [1.165, 1.54) is 25.9 Å². The highest BCUT2D eigenvalue weighted by Gasteiger charge is 2.27. The zero-order valence-corrected chi connectivity index (χ0v) is 9.51. The molecule has 0 saturated carbocycles. The number of hydrogen-bond donors (Lipinski definition) is 1. The van der Waals surface area contributed by atoms with E-state index in [0.29, 0.717) is 11.6 Å². The van der Waals surface area contributed by atoms with Gasteiger partial charge in [0.1, 0.15) is 0 Å². The van der Waals surface area contributed by atoms with Gasteiger partial charge in [-0.15, -0.1) is 0 Å². The molecule has 2 heteroatoms. The molecule has 1 heterocycles.